The van der Waals surface area contributed by atoms with Crippen molar-refractivity contribution < 1.29 is 0 Å². The fourth-order valence-corrected chi connectivity index (χ4v) is 2.72. The zero-order chi connectivity index (χ0) is 12.8. The molecule has 0 fully saturated rings. The van der Waals surface area contributed by atoms with Crippen LogP contribution in [0, 0.1) is 13.8 Å². The summed E-state index contributed by atoms with van der Waals surface area (Å²) in [6.07, 6.45) is 3.38. The lowest BCUT2D eigenvalue weighted by atomic mass is 10.1. The van der Waals surface area contributed by atoms with Gasteiger partial charge in [0.05, 0.1) is 5.69 Å². The van der Waals surface area contributed by atoms with Crippen LogP contribution in [0.2, 0.25) is 0 Å². The first-order valence-corrected chi connectivity index (χ1v) is 7.77. The minimum absolute atomic E-state index is 0.400. The van der Waals surface area contributed by atoms with Crippen LogP contribution < -0.4 is 5.32 Å². The largest absolute Gasteiger partial charge is 0.310 e. The third kappa shape index (κ3) is 3.75. The number of hydrogen-bond donors (Lipinski definition) is 1. The van der Waals surface area contributed by atoms with Gasteiger partial charge in [0.15, 0.2) is 0 Å². The third-order valence-corrected chi connectivity index (χ3v) is 3.84. The quantitative estimate of drug-likeness (QED) is 0.760. The first-order chi connectivity index (χ1) is 8.11. The highest BCUT2D eigenvalue weighted by Crippen LogP contribution is 2.21. The molecule has 3 nitrogen and oxygen atoms in total. The number of aryl methyl sites for hydroxylation is 2. The van der Waals surface area contributed by atoms with Crippen molar-refractivity contribution >= 4 is 11.8 Å². The zero-order valence-electron chi connectivity index (χ0n) is 11.7. The number of nitrogens with one attached hydrogen (secondary N) is 1. The second-order valence-corrected chi connectivity index (χ2v) is 5.41. The lowest BCUT2D eigenvalue weighted by Crippen LogP contribution is -2.21. The summed E-state index contributed by atoms with van der Waals surface area (Å²) in [4.78, 5) is 0. The molecule has 4 heteroatoms. The van der Waals surface area contributed by atoms with Crippen LogP contribution in [0.5, 0.6) is 0 Å². The van der Waals surface area contributed by atoms with E-state index in [0.29, 0.717) is 6.04 Å². The van der Waals surface area contributed by atoms with E-state index < -0.39 is 0 Å². The molecule has 1 aromatic rings. The summed E-state index contributed by atoms with van der Waals surface area (Å²) in [7, 11) is 0. The van der Waals surface area contributed by atoms with Crippen LogP contribution in [0.15, 0.2) is 0 Å². The van der Waals surface area contributed by atoms with Gasteiger partial charge < -0.3 is 5.32 Å². The minimum Gasteiger partial charge on any atom is -0.310 e. The fourth-order valence-electron chi connectivity index (χ4n) is 2.28. The maximum absolute atomic E-state index is 4.57. The van der Waals surface area contributed by atoms with Crippen molar-refractivity contribution in [2.24, 2.45) is 0 Å². The standard InChI is InChI=1S/C13H25N3S/c1-6-16-12(4)13(11(3)15-16)10(2)14-8-7-9-17-5/h10,14H,6-9H2,1-5H3. The predicted molar refractivity (Wildman–Crippen MR) is 76.8 cm³/mol. The second-order valence-electron chi connectivity index (χ2n) is 4.42. The first-order valence-electron chi connectivity index (χ1n) is 6.38. The number of aromatic nitrogens is 2. The molecule has 0 bridgehead atoms. The van der Waals surface area contributed by atoms with Crippen LogP contribution in [0.3, 0.4) is 0 Å². The summed E-state index contributed by atoms with van der Waals surface area (Å²) in [5.74, 6) is 1.23. The molecule has 0 saturated heterocycles. The average molecular weight is 255 g/mol. The number of rotatable bonds is 7. The molecule has 1 N–H and O–H groups in total. The first kappa shape index (κ1) is 14.6. The normalized spacial score (nSPS) is 13.0. The van der Waals surface area contributed by atoms with Gasteiger partial charge in [0.2, 0.25) is 0 Å². The van der Waals surface area contributed by atoms with Crippen LogP contribution in [-0.2, 0) is 6.54 Å². The lowest BCUT2D eigenvalue weighted by molar-refractivity contribution is 0.565. The molecule has 1 heterocycles. The Bertz CT molecular complexity index is 347. The van der Waals surface area contributed by atoms with Gasteiger partial charge in [-0.3, -0.25) is 4.68 Å². The molecule has 0 aliphatic rings. The summed E-state index contributed by atoms with van der Waals surface area (Å²) in [6.45, 7) is 10.7. The van der Waals surface area contributed by atoms with E-state index in [0.717, 1.165) is 18.8 Å². The molecular formula is C13H25N3S. The molecule has 0 spiro atoms. The highest BCUT2D eigenvalue weighted by atomic mass is 32.2. The van der Waals surface area contributed by atoms with E-state index in [9.17, 15) is 0 Å². The SMILES string of the molecule is CCn1nc(C)c(C(C)NCCCSC)c1C. The average Bonchev–Trinajstić information content (AvgIpc) is 2.59. The van der Waals surface area contributed by atoms with Crippen molar-refractivity contribution in [2.75, 3.05) is 18.6 Å². The minimum atomic E-state index is 0.400. The van der Waals surface area contributed by atoms with Gasteiger partial charge in [-0.15, -0.1) is 0 Å². The van der Waals surface area contributed by atoms with Gasteiger partial charge >= 0.3 is 0 Å². The van der Waals surface area contributed by atoms with Crippen LogP contribution >= 0.6 is 11.8 Å². The molecule has 0 saturated carbocycles. The fraction of sp³-hybridized carbons (Fsp3) is 0.769. The van der Waals surface area contributed by atoms with Crippen molar-refractivity contribution in [2.45, 2.75) is 46.7 Å². The highest BCUT2D eigenvalue weighted by molar-refractivity contribution is 7.98. The Balaban J connectivity index is 2.62. The van der Waals surface area contributed by atoms with E-state index in [1.165, 1.54) is 23.4 Å². The Morgan fingerprint density at radius 3 is 2.65 bits per heavy atom. The van der Waals surface area contributed by atoms with Gasteiger partial charge in [-0.25, -0.2) is 0 Å². The Morgan fingerprint density at radius 2 is 2.12 bits per heavy atom. The molecule has 0 aliphatic carbocycles. The predicted octanol–water partition coefficient (Wildman–Crippen LogP) is 2.92. The summed E-state index contributed by atoms with van der Waals surface area (Å²) >= 11 is 1.91. The second kappa shape index (κ2) is 7.07. The van der Waals surface area contributed by atoms with Gasteiger partial charge in [0, 0.05) is 23.8 Å². The van der Waals surface area contributed by atoms with E-state index in [-0.39, 0.29) is 0 Å². The topological polar surface area (TPSA) is 29.9 Å². The molecule has 1 atom stereocenters. The van der Waals surface area contributed by atoms with Gasteiger partial charge in [-0.1, -0.05) is 0 Å². The van der Waals surface area contributed by atoms with Crippen molar-refractivity contribution in [3.05, 3.63) is 17.0 Å². The number of nitrogens with zero attached hydrogens (tertiary/aromatic N) is 2. The summed E-state index contributed by atoms with van der Waals surface area (Å²) in [5, 5.41) is 8.15. The van der Waals surface area contributed by atoms with E-state index in [1.807, 2.05) is 11.8 Å². The van der Waals surface area contributed by atoms with Crippen molar-refractivity contribution in [1.82, 2.24) is 15.1 Å². The van der Waals surface area contributed by atoms with Crippen LogP contribution in [0.1, 0.15) is 43.3 Å². The Labute approximate surface area is 109 Å². The van der Waals surface area contributed by atoms with Gasteiger partial charge in [-0.05, 0) is 52.7 Å². The smallest absolute Gasteiger partial charge is 0.0644 e. The van der Waals surface area contributed by atoms with E-state index >= 15 is 0 Å². The lowest BCUT2D eigenvalue weighted by Gasteiger charge is -2.14. The molecule has 17 heavy (non-hydrogen) atoms. The van der Waals surface area contributed by atoms with Crippen LogP contribution in [0.25, 0.3) is 0 Å². The molecule has 0 radical (unpaired) electrons. The van der Waals surface area contributed by atoms with Crippen LogP contribution in [0.4, 0.5) is 0 Å². The van der Waals surface area contributed by atoms with Crippen molar-refractivity contribution in [3.63, 3.8) is 0 Å². The molecule has 0 aliphatic heterocycles. The molecule has 0 amide bonds. The molecule has 0 aromatic carbocycles. The monoisotopic (exact) mass is 255 g/mol. The Hall–Kier alpha value is -0.480. The van der Waals surface area contributed by atoms with Crippen molar-refractivity contribution in [1.29, 1.82) is 0 Å². The molecular weight excluding hydrogens is 230 g/mol. The number of thioether (sulfide) groups is 1. The Morgan fingerprint density at radius 1 is 1.41 bits per heavy atom. The summed E-state index contributed by atoms with van der Waals surface area (Å²) in [6, 6.07) is 0.400. The van der Waals surface area contributed by atoms with E-state index in [4.69, 9.17) is 0 Å². The Kier molecular flexibility index (Phi) is 6.06. The molecule has 1 rings (SSSR count). The van der Waals surface area contributed by atoms with E-state index in [2.05, 4.69) is 49.0 Å². The maximum atomic E-state index is 4.57. The van der Waals surface area contributed by atoms with Gasteiger partial charge in [0.1, 0.15) is 0 Å². The zero-order valence-corrected chi connectivity index (χ0v) is 12.5. The number of hydrogen-bond acceptors (Lipinski definition) is 3. The highest BCUT2D eigenvalue weighted by Gasteiger charge is 2.16. The molecule has 1 unspecified atom stereocenters. The third-order valence-electron chi connectivity index (χ3n) is 3.15. The summed E-state index contributed by atoms with van der Waals surface area (Å²) in [5.41, 5.74) is 3.83. The van der Waals surface area contributed by atoms with Gasteiger partial charge in [-0.2, -0.15) is 16.9 Å². The van der Waals surface area contributed by atoms with Crippen molar-refractivity contribution in [3.8, 4) is 0 Å². The molecule has 1 aromatic heterocycles. The molecule has 98 valence electrons. The van der Waals surface area contributed by atoms with Crippen LogP contribution in [-0.4, -0.2) is 28.3 Å². The summed E-state index contributed by atoms with van der Waals surface area (Å²) < 4.78 is 2.09. The maximum Gasteiger partial charge on any atom is 0.0644 e. The van der Waals surface area contributed by atoms with E-state index in [1.54, 1.807) is 0 Å². The van der Waals surface area contributed by atoms with Gasteiger partial charge in [0.25, 0.3) is 0 Å².